The minimum absolute atomic E-state index is 0.0249. The quantitative estimate of drug-likeness (QED) is 0.751. The Labute approximate surface area is 162 Å². The number of hydrogen-bond acceptors (Lipinski definition) is 6. The second kappa shape index (κ2) is 7.22. The minimum atomic E-state index is -0.611. The van der Waals surface area contributed by atoms with Gasteiger partial charge in [0, 0.05) is 10.9 Å². The molecule has 0 aromatic carbocycles. The first-order chi connectivity index (χ1) is 12.9. The molecule has 0 atom stereocenters. The van der Waals surface area contributed by atoms with Crippen molar-refractivity contribution in [2.75, 3.05) is 6.61 Å². The summed E-state index contributed by atoms with van der Waals surface area (Å²) in [5.41, 5.74) is 0.473. The molecule has 5 rings (SSSR count). The van der Waals surface area contributed by atoms with E-state index in [0.717, 1.165) is 24.3 Å². The van der Waals surface area contributed by atoms with Gasteiger partial charge in [-0.2, -0.15) is 0 Å². The molecule has 0 radical (unpaired) electrons. The van der Waals surface area contributed by atoms with Gasteiger partial charge in [-0.25, -0.2) is 9.78 Å². The second-order valence-corrected chi connectivity index (χ2v) is 9.46. The van der Waals surface area contributed by atoms with Crippen molar-refractivity contribution in [1.29, 1.82) is 0 Å². The van der Waals surface area contributed by atoms with Crippen LogP contribution in [0.1, 0.15) is 49.2 Å². The van der Waals surface area contributed by atoms with Crippen molar-refractivity contribution in [3.05, 3.63) is 16.1 Å². The molecule has 146 valence electrons. The number of rotatable bonds is 5. The molecule has 3 amide bonds. The lowest BCUT2D eigenvalue weighted by Crippen LogP contribution is -2.62. The molecule has 1 aromatic heterocycles. The Bertz CT molecular complexity index is 725. The molecular formula is C19H25N3O4S. The number of ether oxygens (including phenoxy) is 1. The molecule has 8 heteroatoms. The summed E-state index contributed by atoms with van der Waals surface area (Å²) in [4.78, 5) is 40.2. The SMILES string of the molecule is Cc1nc(CC(=O)OCC(=O)NC(=O)NC23CC4CC(CC(C4)C2)C3)cs1. The second-order valence-electron chi connectivity index (χ2n) is 8.40. The maximum absolute atomic E-state index is 12.3. The summed E-state index contributed by atoms with van der Waals surface area (Å²) in [6, 6.07) is -0.479. The molecule has 4 aliphatic rings. The Morgan fingerprint density at radius 2 is 1.81 bits per heavy atom. The van der Waals surface area contributed by atoms with E-state index in [2.05, 4.69) is 15.6 Å². The summed E-state index contributed by atoms with van der Waals surface area (Å²) in [7, 11) is 0. The minimum Gasteiger partial charge on any atom is -0.455 e. The molecule has 0 aliphatic heterocycles. The molecule has 0 saturated heterocycles. The summed E-state index contributed by atoms with van der Waals surface area (Å²) < 4.78 is 4.95. The van der Waals surface area contributed by atoms with Crippen molar-refractivity contribution in [2.45, 2.75) is 57.4 Å². The Morgan fingerprint density at radius 3 is 2.37 bits per heavy atom. The van der Waals surface area contributed by atoms with Crippen LogP contribution >= 0.6 is 11.3 Å². The van der Waals surface area contributed by atoms with Crippen molar-refractivity contribution < 1.29 is 19.1 Å². The Morgan fingerprint density at radius 1 is 1.19 bits per heavy atom. The first kappa shape index (κ1) is 18.4. The van der Waals surface area contributed by atoms with Gasteiger partial charge in [-0.3, -0.25) is 14.9 Å². The number of hydrogen-bond donors (Lipinski definition) is 2. The van der Waals surface area contributed by atoms with Crippen LogP contribution in [0.15, 0.2) is 5.38 Å². The summed E-state index contributed by atoms with van der Waals surface area (Å²) in [6.45, 7) is 1.39. The highest BCUT2D eigenvalue weighted by molar-refractivity contribution is 7.09. The van der Waals surface area contributed by atoms with Crippen LogP contribution in [0.2, 0.25) is 0 Å². The lowest BCUT2D eigenvalue weighted by Gasteiger charge is -2.56. The van der Waals surface area contributed by atoms with Gasteiger partial charge in [0.1, 0.15) is 0 Å². The van der Waals surface area contributed by atoms with Gasteiger partial charge in [-0.1, -0.05) is 0 Å². The predicted molar refractivity (Wildman–Crippen MR) is 99.1 cm³/mol. The summed E-state index contributed by atoms with van der Waals surface area (Å²) >= 11 is 1.45. The molecule has 0 unspecified atom stereocenters. The molecule has 4 bridgehead atoms. The topological polar surface area (TPSA) is 97.4 Å². The van der Waals surface area contributed by atoms with Crippen molar-refractivity contribution in [1.82, 2.24) is 15.6 Å². The summed E-state index contributed by atoms with van der Waals surface area (Å²) in [5, 5.41) is 8.02. The number of esters is 1. The van der Waals surface area contributed by atoms with Gasteiger partial charge in [-0.05, 0) is 63.2 Å². The maximum atomic E-state index is 12.3. The Kier molecular flexibility index (Phi) is 4.92. The summed E-state index contributed by atoms with van der Waals surface area (Å²) in [5.74, 6) is 0.990. The maximum Gasteiger partial charge on any atom is 0.321 e. The molecular weight excluding hydrogens is 366 g/mol. The van der Waals surface area contributed by atoms with E-state index < -0.39 is 24.5 Å². The van der Waals surface area contributed by atoms with Crippen LogP contribution in [0.5, 0.6) is 0 Å². The third kappa shape index (κ3) is 4.31. The smallest absolute Gasteiger partial charge is 0.321 e. The molecule has 0 spiro atoms. The number of carbonyl (C=O) groups is 3. The van der Waals surface area contributed by atoms with Gasteiger partial charge in [0.25, 0.3) is 5.91 Å². The average Bonchev–Trinajstić information content (AvgIpc) is 2.96. The number of carbonyl (C=O) groups excluding carboxylic acids is 3. The first-order valence-electron chi connectivity index (χ1n) is 9.58. The molecule has 27 heavy (non-hydrogen) atoms. The van der Waals surface area contributed by atoms with E-state index in [0.29, 0.717) is 23.4 Å². The van der Waals surface area contributed by atoms with E-state index in [1.807, 2.05) is 6.92 Å². The van der Waals surface area contributed by atoms with Gasteiger partial charge >= 0.3 is 12.0 Å². The van der Waals surface area contributed by atoms with E-state index in [1.54, 1.807) is 5.38 Å². The normalized spacial score (nSPS) is 30.8. The van der Waals surface area contributed by atoms with Gasteiger partial charge in [0.2, 0.25) is 0 Å². The van der Waals surface area contributed by atoms with Crippen molar-refractivity contribution in [3.8, 4) is 0 Å². The van der Waals surface area contributed by atoms with Crippen molar-refractivity contribution >= 4 is 29.2 Å². The van der Waals surface area contributed by atoms with E-state index >= 15 is 0 Å². The number of imide groups is 1. The van der Waals surface area contributed by atoms with Crippen molar-refractivity contribution in [2.24, 2.45) is 17.8 Å². The highest BCUT2D eigenvalue weighted by Gasteiger charge is 2.51. The lowest BCUT2D eigenvalue weighted by atomic mass is 9.53. The fourth-order valence-electron chi connectivity index (χ4n) is 5.53. The van der Waals surface area contributed by atoms with Gasteiger partial charge in [0.05, 0.1) is 17.1 Å². The Balaban J connectivity index is 1.21. The lowest BCUT2D eigenvalue weighted by molar-refractivity contribution is -0.147. The predicted octanol–water partition coefficient (Wildman–Crippen LogP) is 2.33. The Hall–Kier alpha value is -1.96. The third-order valence-electron chi connectivity index (χ3n) is 6.03. The molecule has 4 saturated carbocycles. The van der Waals surface area contributed by atoms with Crippen LogP contribution in [-0.4, -0.2) is 35.0 Å². The summed E-state index contributed by atoms with van der Waals surface area (Å²) in [6.07, 6.45) is 6.94. The zero-order valence-electron chi connectivity index (χ0n) is 15.5. The zero-order valence-corrected chi connectivity index (χ0v) is 16.3. The van der Waals surface area contributed by atoms with Crippen LogP contribution in [0.4, 0.5) is 4.79 Å². The number of nitrogens with zero attached hydrogens (tertiary/aromatic N) is 1. The monoisotopic (exact) mass is 391 g/mol. The standard InChI is InChI=1S/C19H25N3O4S/c1-11-20-15(10-27-11)5-17(24)26-9-16(23)21-18(25)22-19-6-12-2-13(7-19)4-14(3-12)8-19/h10,12-14H,2-9H2,1H3,(H2,21,22,23,25). The molecule has 2 N–H and O–H groups in total. The van der Waals surface area contributed by atoms with Crippen molar-refractivity contribution in [3.63, 3.8) is 0 Å². The van der Waals surface area contributed by atoms with Gasteiger partial charge in [0.15, 0.2) is 6.61 Å². The van der Waals surface area contributed by atoms with Crippen LogP contribution in [0.25, 0.3) is 0 Å². The van der Waals surface area contributed by atoms with E-state index in [1.165, 1.54) is 30.6 Å². The van der Waals surface area contributed by atoms with E-state index in [9.17, 15) is 14.4 Å². The fourth-order valence-corrected chi connectivity index (χ4v) is 6.15. The van der Waals surface area contributed by atoms with E-state index in [4.69, 9.17) is 4.74 Å². The average molecular weight is 391 g/mol. The van der Waals surface area contributed by atoms with Gasteiger partial charge in [-0.15, -0.1) is 11.3 Å². The highest BCUT2D eigenvalue weighted by Crippen LogP contribution is 2.55. The number of aromatic nitrogens is 1. The number of urea groups is 1. The van der Waals surface area contributed by atoms with Gasteiger partial charge < -0.3 is 10.1 Å². The number of aryl methyl sites for hydroxylation is 1. The largest absolute Gasteiger partial charge is 0.455 e. The third-order valence-corrected chi connectivity index (χ3v) is 6.85. The molecule has 1 aromatic rings. The molecule has 4 aliphatic carbocycles. The number of nitrogens with one attached hydrogen (secondary N) is 2. The van der Waals surface area contributed by atoms with Crippen LogP contribution in [0.3, 0.4) is 0 Å². The van der Waals surface area contributed by atoms with Crippen LogP contribution < -0.4 is 10.6 Å². The molecule has 4 fully saturated rings. The van der Waals surface area contributed by atoms with Crippen LogP contribution in [0, 0.1) is 24.7 Å². The first-order valence-corrected chi connectivity index (χ1v) is 10.5. The van der Waals surface area contributed by atoms with E-state index in [-0.39, 0.29) is 12.0 Å². The molecule has 7 nitrogen and oxygen atoms in total. The number of amides is 3. The zero-order chi connectivity index (χ0) is 19.0. The molecule has 1 heterocycles. The highest BCUT2D eigenvalue weighted by atomic mass is 32.1. The number of thiazole rings is 1. The van der Waals surface area contributed by atoms with Crippen LogP contribution in [-0.2, 0) is 20.7 Å². The fraction of sp³-hybridized carbons (Fsp3) is 0.684.